The minimum atomic E-state index is -3.82. The molecule has 8 heteroatoms. The van der Waals surface area contributed by atoms with Crippen LogP contribution in [0.25, 0.3) is 10.6 Å². The summed E-state index contributed by atoms with van der Waals surface area (Å²) in [4.78, 5) is 1.42. The maximum absolute atomic E-state index is 13.6. The molecule has 0 atom stereocenters. The summed E-state index contributed by atoms with van der Waals surface area (Å²) in [6, 6.07) is 7.49. The number of thiophene rings is 1. The molecule has 0 unspecified atom stereocenters. The molecule has 3 aromatic rings. The SMILES string of the molecule is Cc1cc(-c2cc(S(=O)(=O)Nc3ccc(C)c(F)c3)c(C)s2)on1. The maximum Gasteiger partial charge on any atom is 0.263 e. The van der Waals surface area contributed by atoms with Gasteiger partial charge in [-0.1, -0.05) is 11.2 Å². The lowest BCUT2D eigenvalue weighted by molar-refractivity contribution is 0.428. The van der Waals surface area contributed by atoms with E-state index in [9.17, 15) is 12.8 Å². The Balaban J connectivity index is 1.95. The van der Waals surface area contributed by atoms with Gasteiger partial charge in [-0.3, -0.25) is 4.72 Å². The molecule has 0 aliphatic carbocycles. The van der Waals surface area contributed by atoms with E-state index in [1.165, 1.54) is 29.5 Å². The van der Waals surface area contributed by atoms with Gasteiger partial charge in [0.1, 0.15) is 10.7 Å². The van der Waals surface area contributed by atoms with E-state index < -0.39 is 15.8 Å². The normalized spacial score (nSPS) is 11.7. The fraction of sp³-hybridized carbons (Fsp3) is 0.188. The molecule has 0 aliphatic rings. The molecule has 0 bridgehead atoms. The Hall–Kier alpha value is -2.19. The Morgan fingerprint density at radius 3 is 2.54 bits per heavy atom. The van der Waals surface area contributed by atoms with Crippen molar-refractivity contribution >= 4 is 27.0 Å². The van der Waals surface area contributed by atoms with E-state index in [-0.39, 0.29) is 10.6 Å². The van der Waals surface area contributed by atoms with Gasteiger partial charge in [0.15, 0.2) is 5.76 Å². The van der Waals surface area contributed by atoms with Crippen LogP contribution in [0.5, 0.6) is 0 Å². The second-order valence-electron chi connectivity index (χ2n) is 5.43. The molecular formula is C16H15FN2O3S2. The minimum Gasteiger partial charge on any atom is -0.355 e. The van der Waals surface area contributed by atoms with Crippen molar-refractivity contribution in [2.45, 2.75) is 25.7 Å². The van der Waals surface area contributed by atoms with E-state index in [1.807, 2.05) is 0 Å². The number of hydrogen-bond donors (Lipinski definition) is 1. The molecule has 5 nitrogen and oxygen atoms in total. The number of sulfonamides is 1. The van der Waals surface area contributed by atoms with Crippen molar-refractivity contribution in [2.24, 2.45) is 0 Å². The van der Waals surface area contributed by atoms with Gasteiger partial charge in [-0.15, -0.1) is 11.3 Å². The molecule has 0 spiro atoms. The lowest BCUT2D eigenvalue weighted by Crippen LogP contribution is -2.13. The zero-order chi connectivity index (χ0) is 17.5. The molecule has 0 radical (unpaired) electrons. The Labute approximate surface area is 143 Å². The van der Waals surface area contributed by atoms with Crippen LogP contribution >= 0.6 is 11.3 Å². The molecule has 2 heterocycles. The summed E-state index contributed by atoms with van der Waals surface area (Å²) in [5, 5.41) is 3.80. The van der Waals surface area contributed by atoms with E-state index in [0.29, 0.717) is 26.8 Å². The van der Waals surface area contributed by atoms with Crippen molar-refractivity contribution in [1.29, 1.82) is 0 Å². The van der Waals surface area contributed by atoms with Crippen LogP contribution in [0.4, 0.5) is 10.1 Å². The van der Waals surface area contributed by atoms with Crippen molar-refractivity contribution < 1.29 is 17.3 Å². The summed E-state index contributed by atoms with van der Waals surface area (Å²) < 4.78 is 46.4. The van der Waals surface area contributed by atoms with Gasteiger partial charge in [0.05, 0.1) is 16.3 Å². The van der Waals surface area contributed by atoms with Gasteiger partial charge in [0.25, 0.3) is 10.0 Å². The summed E-state index contributed by atoms with van der Waals surface area (Å²) in [5.41, 5.74) is 1.35. The number of halogens is 1. The van der Waals surface area contributed by atoms with Crippen LogP contribution in [0, 0.1) is 26.6 Å². The van der Waals surface area contributed by atoms with Crippen molar-refractivity contribution in [3.05, 3.63) is 52.3 Å². The van der Waals surface area contributed by atoms with Gasteiger partial charge in [-0.25, -0.2) is 12.8 Å². The van der Waals surface area contributed by atoms with Gasteiger partial charge < -0.3 is 4.52 Å². The smallest absolute Gasteiger partial charge is 0.263 e. The molecular weight excluding hydrogens is 351 g/mol. The van der Waals surface area contributed by atoms with Crippen molar-refractivity contribution in [1.82, 2.24) is 5.16 Å². The first-order valence-corrected chi connectivity index (χ1v) is 9.39. The van der Waals surface area contributed by atoms with Crippen LogP contribution in [0.15, 0.2) is 39.8 Å². The summed E-state index contributed by atoms with van der Waals surface area (Å²) in [5.74, 6) is 0.0542. The number of hydrogen-bond acceptors (Lipinski definition) is 5. The fourth-order valence-corrected chi connectivity index (χ4v) is 4.79. The lowest BCUT2D eigenvalue weighted by Gasteiger charge is -2.08. The number of aromatic nitrogens is 1. The molecule has 0 saturated heterocycles. The van der Waals surface area contributed by atoms with Crippen LogP contribution < -0.4 is 4.72 Å². The molecule has 0 saturated carbocycles. The number of aryl methyl sites for hydroxylation is 3. The largest absolute Gasteiger partial charge is 0.355 e. The molecule has 1 aromatic carbocycles. The second-order valence-corrected chi connectivity index (χ2v) is 8.34. The third kappa shape index (κ3) is 3.20. The molecule has 2 aromatic heterocycles. The van der Waals surface area contributed by atoms with Crippen LogP contribution in [-0.2, 0) is 10.0 Å². The molecule has 24 heavy (non-hydrogen) atoms. The van der Waals surface area contributed by atoms with Gasteiger partial charge in [0, 0.05) is 10.9 Å². The van der Waals surface area contributed by atoms with Gasteiger partial charge in [-0.05, 0) is 44.5 Å². The summed E-state index contributed by atoms with van der Waals surface area (Å²) >= 11 is 1.30. The molecule has 1 N–H and O–H groups in total. The van der Waals surface area contributed by atoms with E-state index in [0.717, 1.165) is 6.07 Å². The standard InChI is InChI=1S/C16H15FN2O3S2/c1-9-4-5-12(7-13(9)17)19-24(20,21)16-8-15(23-11(16)3)14-6-10(2)18-22-14/h4-8,19H,1-3H3. The molecule has 0 amide bonds. The second kappa shape index (κ2) is 6.03. The summed E-state index contributed by atoms with van der Waals surface area (Å²) in [6.45, 7) is 5.11. The average molecular weight is 366 g/mol. The predicted molar refractivity (Wildman–Crippen MR) is 91.2 cm³/mol. The Bertz CT molecular complexity index is 1010. The lowest BCUT2D eigenvalue weighted by atomic mass is 10.2. The zero-order valence-corrected chi connectivity index (χ0v) is 14.9. The third-order valence-electron chi connectivity index (χ3n) is 3.46. The number of rotatable bonds is 4. The van der Waals surface area contributed by atoms with E-state index >= 15 is 0 Å². The van der Waals surface area contributed by atoms with E-state index in [4.69, 9.17) is 4.52 Å². The number of nitrogens with one attached hydrogen (secondary N) is 1. The van der Waals surface area contributed by atoms with Crippen LogP contribution in [0.2, 0.25) is 0 Å². The van der Waals surface area contributed by atoms with Crippen molar-refractivity contribution in [2.75, 3.05) is 4.72 Å². The third-order valence-corrected chi connectivity index (χ3v) is 6.16. The molecule has 0 fully saturated rings. The highest BCUT2D eigenvalue weighted by molar-refractivity contribution is 7.93. The van der Waals surface area contributed by atoms with E-state index in [2.05, 4.69) is 9.88 Å². The molecule has 126 valence electrons. The fourth-order valence-electron chi connectivity index (χ4n) is 2.20. The predicted octanol–water partition coefficient (Wildman–Crippen LogP) is 4.27. The van der Waals surface area contributed by atoms with Gasteiger partial charge in [0.2, 0.25) is 0 Å². The number of anilines is 1. The van der Waals surface area contributed by atoms with Crippen LogP contribution in [0.1, 0.15) is 16.1 Å². The first-order valence-electron chi connectivity index (χ1n) is 7.09. The number of nitrogens with zero attached hydrogens (tertiary/aromatic N) is 1. The summed E-state index contributed by atoms with van der Waals surface area (Å²) in [6.07, 6.45) is 0. The van der Waals surface area contributed by atoms with Crippen molar-refractivity contribution in [3.63, 3.8) is 0 Å². The highest BCUT2D eigenvalue weighted by Crippen LogP contribution is 2.34. The molecule has 0 aliphatic heterocycles. The van der Waals surface area contributed by atoms with Gasteiger partial charge >= 0.3 is 0 Å². The number of benzene rings is 1. The van der Waals surface area contributed by atoms with Crippen molar-refractivity contribution in [3.8, 4) is 10.6 Å². The monoisotopic (exact) mass is 366 g/mol. The molecule has 3 rings (SSSR count). The Morgan fingerprint density at radius 1 is 1.17 bits per heavy atom. The first-order chi connectivity index (χ1) is 11.3. The minimum absolute atomic E-state index is 0.137. The van der Waals surface area contributed by atoms with E-state index in [1.54, 1.807) is 26.8 Å². The first kappa shape index (κ1) is 16.7. The Morgan fingerprint density at radius 2 is 1.92 bits per heavy atom. The summed E-state index contributed by atoms with van der Waals surface area (Å²) in [7, 11) is -3.82. The highest BCUT2D eigenvalue weighted by atomic mass is 32.2. The quantitative estimate of drug-likeness (QED) is 0.748. The zero-order valence-electron chi connectivity index (χ0n) is 13.3. The highest BCUT2D eigenvalue weighted by Gasteiger charge is 2.22. The average Bonchev–Trinajstić information content (AvgIpc) is 3.09. The van der Waals surface area contributed by atoms with Gasteiger partial charge in [-0.2, -0.15) is 0 Å². The topological polar surface area (TPSA) is 72.2 Å². The maximum atomic E-state index is 13.6. The Kier molecular flexibility index (Phi) is 4.18. The van der Waals surface area contributed by atoms with Crippen LogP contribution in [-0.4, -0.2) is 13.6 Å². The van der Waals surface area contributed by atoms with Crippen LogP contribution in [0.3, 0.4) is 0 Å².